The Hall–Kier alpha value is -2.07. The number of anilines is 2. The third-order valence-electron chi connectivity index (χ3n) is 4.36. The van der Waals surface area contributed by atoms with Crippen molar-refractivity contribution in [3.63, 3.8) is 0 Å². The van der Waals surface area contributed by atoms with Gasteiger partial charge in [0.25, 0.3) is 0 Å². The summed E-state index contributed by atoms with van der Waals surface area (Å²) in [4.78, 5) is 9.64. The van der Waals surface area contributed by atoms with Crippen molar-refractivity contribution in [3.05, 3.63) is 65.1 Å². The highest BCUT2D eigenvalue weighted by molar-refractivity contribution is 9.10. The lowest BCUT2D eigenvalue weighted by Crippen LogP contribution is -2.46. The molecule has 1 aliphatic heterocycles. The van der Waals surface area contributed by atoms with Crippen molar-refractivity contribution >= 4 is 38.3 Å². The van der Waals surface area contributed by atoms with Crippen LogP contribution in [0.5, 0.6) is 0 Å². The molecule has 0 spiro atoms. The van der Waals surface area contributed by atoms with Crippen LogP contribution in [0.15, 0.2) is 65.1 Å². The number of piperazine rings is 1. The molecule has 0 atom stereocenters. The molecule has 0 radical (unpaired) electrons. The molecule has 116 valence electrons. The van der Waals surface area contributed by atoms with Crippen molar-refractivity contribution in [1.82, 2.24) is 4.98 Å². The van der Waals surface area contributed by atoms with Gasteiger partial charge in [0.05, 0.1) is 5.52 Å². The SMILES string of the molecule is Brc1ccc2nc(N3CCN(c4ccccc4)CC3)ccc2c1. The monoisotopic (exact) mass is 367 g/mol. The molecular formula is C19H18BrN3. The lowest BCUT2D eigenvalue weighted by atomic mass is 10.2. The van der Waals surface area contributed by atoms with E-state index in [1.54, 1.807) is 0 Å². The smallest absolute Gasteiger partial charge is 0.129 e. The lowest BCUT2D eigenvalue weighted by molar-refractivity contribution is 0.648. The molecule has 2 aromatic carbocycles. The van der Waals surface area contributed by atoms with Gasteiger partial charge in [0.1, 0.15) is 5.82 Å². The van der Waals surface area contributed by atoms with Gasteiger partial charge in [0, 0.05) is 41.7 Å². The van der Waals surface area contributed by atoms with Crippen molar-refractivity contribution < 1.29 is 0 Å². The number of fused-ring (bicyclic) bond motifs is 1. The molecule has 0 aliphatic carbocycles. The average molecular weight is 368 g/mol. The second-order valence-corrected chi connectivity index (χ2v) is 6.73. The number of para-hydroxylation sites is 1. The van der Waals surface area contributed by atoms with E-state index < -0.39 is 0 Å². The summed E-state index contributed by atoms with van der Waals surface area (Å²) in [6.07, 6.45) is 0. The molecule has 1 aromatic heterocycles. The maximum Gasteiger partial charge on any atom is 0.129 e. The van der Waals surface area contributed by atoms with E-state index in [-0.39, 0.29) is 0 Å². The maximum atomic E-state index is 4.82. The normalized spacial score (nSPS) is 15.2. The Morgan fingerprint density at radius 2 is 1.52 bits per heavy atom. The fourth-order valence-electron chi connectivity index (χ4n) is 3.09. The number of rotatable bonds is 2. The summed E-state index contributed by atoms with van der Waals surface area (Å²) in [7, 11) is 0. The minimum absolute atomic E-state index is 1.00. The number of hydrogen-bond acceptors (Lipinski definition) is 3. The highest BCUT2D eigenvalue weighted by Crippen LogP contribution is 2.23. The van der Waals surface area contributed by atoms with Crippen molar-refractivity contribution in [2.45, 2.75) is 0 Å². The third-order valence-corrected chi connectivity index (χ3v) is 4.85. The standard InChI is InChI=1S/C19H18BrN3/c20-16-7-8-18-15(14-16)6-9-19(21-18)23-12-10-22(11-13-23)17-4-2-1-3-5-17/h1-9,14H,10-13H2. The summed E-state index contributed by atoms with van der Waals surface area (Å²) in [6, 6.07) is 21.2. The van der Waals surface area contributed by atoms with E-state index in [9.17, 15) is 0 Å². The molecule has 4 heteroatoms. The van der Waals surface area contributed by atoms with E-state index in [1.165, 1.54) is 11.1 Å². The Morgan fingerprint density at radius 3 is 2.30 bits per heavy atom. The van der Waals surface area contributed by atoms with E-state index in [1.807, 2.05) is 6.07 Å². The second kappa shape index (κ2) is 6.20. The van der Waals surface area contributed by atoms with Gasteiger partial charge in [-0.2, -0.15) is 0 Å². The zero-order chi connectivity index (χ0) is 15.6. The number of halogens is 1. The molecule has 3 aromatic rings. The van der Waals surface area contributed by atoms with Crippen LogP contribution in [0.2, 0.25) is 0 Å². The van der Waals surface area contributed by atoms with Crippen molar-refractivity contribution in [1.29, 1.82) is 0 Å². The summed E-state index contributed by atoms with van der Waals surface area (Å²) in [5.41, 5.74) is 2.36. The summed E-state index contributed by atoms with van der Waals surface area (Å²) in [5, 5.41) is 1.17. The number of nitrogens with zero attached hydrogens (tertiary/aromatic N) is 3. The van der Waals surface area contributed by atoms with Gasteiger partial charge in [-0.05, 0) is 42.5 Å². The fraction of sp³-hybridized carbons (Fsp3) is 0.211. The number of aromatic nitrogens is 1. The first-order chi connectivity index (χ1) is 11.3. The molecule has 0 N–H and O–H groups in total. The third kappa shape index (κ3) is 3.04. The van der Waals surface area contributed by atoms with Crippen LogP contribution in [-0.4, -0.2) is 31.2 Å². The molecule has 0 amide bonds. The minimum atomic E-state index is 1.00. The van der Waals surface area contributed by atoms with Gasteiger partial charge in [-0.25, -0.2) is 4.98 Å². The molecule has 23 heavy (non-hydrogen) atoms. The van der Waals surface area contributed by atoms with Crippen molar-refractivity contribution in [2.75, 3.05) is 36.0 Å². The Balaban J connectivity index is 1.51. The fourth-order valence-corrected chi connectivity index (χ4v) is 3.47. The van der Waals surface area contributed by atoms with Gasteiger partial charge in [0.15, 0.2) is 0 Å². The van der Waals surface area contributed by atoms with Gasteiger partial charge in [-0.3, -0.25) is 0 Å². The van der Waals surface area contributed by atoms with E-state index in [0.717, 1.165) is 42.0 Å². The predicted octanol–water partition coefficient (Wildman–Crippen LogP) is 4.32. The van der Waals surface area contributed by atoms with E-state index in [0.29, 0.717) is 0 Å². The van der Waals surface area contributed by atoms with Gasteiger partial charge in [0.2, 0.25) is 0 Å². The van der Waals surface area contributed by atoms with Crippen LogP contribution in [-0.2, 0) is 0 Å². The summed E-state index contributed by atoms with van der Waals surface area (Å²) in [5.74, 6) is 1.08. The van der Waals surface area contributed by atoms with Crippen molar-refractivity contribution in [3.8, 4) is 0 Å². The molecule has 0 saturated carbocycles. The molecule has 2 heterocycles. The summed E-state index contributed by atoms with van der Waals surface area (Å²) >= 11 is 3.51. The van der Waals surface area contributed by atoms with Gasteiger partial charge < -0.3 is 9.80 Å². The highest BCUT2D eigenvalue weighted by Gasteiger charge is 2.18. The zero-order valence-electron chi connectivity index (χ0n) is 12.8. The number of pyridine rings is 1. The van der Waals surface area contributed by atoms with Crippen LogP contribution >= 0.6 is 15.9 Å². The Kier molecular flexibility index (Phi) is 3.92. The molecule has 1 saturated heterocycles. The van der Waals surface area contributed by atoms with Crippen LogP contribution in [0.25, 0.3) is 10.9 Å². The van der Waals surface area contributed by atoms with Crippen molar-refractivity contribution in [2.24, 2.45) is 0 Å². The Morgan fingerprint density at radius 1 is 0.783 bits per heavy atom. The second-order valence-electron chi connectivity index (χ2n) is 5.82. The van der Waals surface area contributed by atoms with Gasteiger partial charge in [-0.1, -0.05) is 34.1 Å². The molecular weight excluding hydrogens is 350 g/mol. The Labute approximate surface area is 144 Å². The summed E-state index contributed by atoms with van der Waals surface area (Å²) in [6.45, 7) is 4.07. The van der Waals surface area contributed by atoms with Crippen LogP contribution in [0.4, 0.5) is 11.5 Å². The molecule has 0 unspecified atom stereocenters. The summed E-state index contributed by atoms with van der Waals surface area (Å²) < 4.78 is 1.09. The lowest BCUT2D eigenvalue weighted by Gasteiger charge is -2.36. The molecule has 1 aliphatic rings. The first kappa shape index (κ1) is 14.5. The first-order valence-electron chi connectivity index (χ1n) is 7.91. The quantitative estimate of drug-likeness (QED) is 0.672. The number of hydrogen-bond donors (Lipinski definition) is 0. The van der Waals surface area contributed by atoms with Crippen LogP contribution in [0.1, 0.15) is 0 Å². The minimum Gasteiger partial charge on any atom is -0.368 e. The van der Waals surface area contributed by atoms with E-state index in [4.69, 9.17) is 4.98 Å². The largest absolute Gasteiger partial charge is 0.368 e. The Bertz CT molecular complexity index is 811. The van der Waals surface area contributed by atoms with Crippen LogP contribution in [0, 0.1) is 0 Å². The average Bonchev–Trinajstić information content (AvgIpc) is 2.62. The maximum absolute atomic E-state index is 4.82. The highest BCUT2D eigenvalue weighted by atomic mass is 79.9. The number of benzene rings is 2. The first-order valence-corrected chi connectivity index (χ1v) is 8.70. The molecule has 4 rings (SSSR count). The zero-order valence-corrected chi connectivity index (χ0v) is 14.4. The molecule has 1 fully saturated rings. The molecule has 0 bridgehead atoms. The van der Waals surface area contributed by atoms with E-state index >= 15 is 0 Å². The topological polar surface area (TPSA) is 19.4 Å². The van der Waals surface area contributed by atoms with Gasteiger partial charge >= 0.3 is 0 Å². The van der Waals surface area contributed by atoms with Crippen LogP contribution in [0.3, 0.4) is 0 Å². The van der Waals surface area contributed by atoms with E-state index in [2.05, 4.69) is 80.3 Å². The van der Waals surface area contributed by atoms with Crippen LogP contribution < -0.4 is 9.80 Å². The predicted molar refractivity (Wildman–Crippen MR) is 100 cm³/mol. The molecule has 3 nitrogen and oxygen atoms in total. The van der Waals surface area contributed by atoms with Gasteiger partial charge in [-0.15, -0.1) is 0 Å².